The Kier molecular flexibility index (Phi) is 7.31. The molecular formula is C21H23N3O5S. The number of rotatable bonds is 10. The van der Waals surface area contributed by atoms with E-state index in [1.165, 1.54) is 25.8 Å². The first-order valence-electron chi connectivity index (χ1n) is 9.19. The summed E-state index contributed by atoms with van der Waals surface area (Å²) in [5.41, 5.74) is 1.40. The van der Waals surface area contributed by atoms with Crippen molar-refractivity contribution >= 4 is 17.5 Å². The van der Waals surface area contributed by atoms with Gasteiger partial charge in [-0.15, -0.1) is 10.2 Å². The normalized spacial score (nSPS) is 11.7. The van der Waals surface area contributed by atoms with Crippen LogP contribution >= 0.6 is 11.8 Å². The van der Waals surface area contributed by atoms with Crippen LogP contribution in [0.4, 0.5) is 0 Å². The van der Waals surface area contributed by atoms with Crippen molar-refractivity contribution in [1.29, 1.82) is 0 Å². The SMILES string of the molecule is COc1cccc(-n2cnnc2SCC(O)COc2ccc(C(C)=O)cc2OC)c1. The summed E-state index contributed by atoms with van der Waals surface area (Å²) >= 11 is 1.36. The fourth-order valence-corrected chi connectivity index (χ4v) is 3.51. The molecule has 0 amide bonds. The fourth-order valence-electron chi connectivity index (χ4n) is 2.67. The van der Waals surface area contributed by atoms with Gasteiger partial charge in [0.05, 0.1) is 26.0 Å². The van der Waals surface area contributed by atoms with Crippen LogP contribution in [-0.2, 0) is 0 Å². The number of ketones is 1. The first kappa shape index (κ1) is 21.7. The second-order valence-corrected chi connectivity index (χ2v) is 7.37. The van der Waals surface area contributed by atoms with Crippen molar-refractivity contribution < 1.29 is 24.1 Å². The van der Waals surface area contributed by atoms with Gasteiger partial charge in [0.15, 0.2) is 22.4 Å². The number of nitrogens with zero attached hydrogens (tertiary/aromatic N) is 3. The molecular weight excluding hydrogens is 406 g/mol. The van der Waals surface area contributed by atoms with Crippen molar-refractivity contribution in [2.24, 2.45) is 0 Å². The minimum absolute atomic E-state index is 0.0589. The Bertz CT molecular complexity index is 1010. The lowest BCUT2D eigenvalue weighted by Gasteiger charge is -2.15. The maximum Gasteiger partial charge on any atom is 0.195 e. The molecule has 0 fully saturated rings. The van der Waals surface area contributed by atoms with E-state index in [0.29, 0.717) is 28.0 Å². The van der Waals surface area contributed by atoms with Crippen LogP contribution in [-0.4, -0.2) is 58.3 Å². The summed E-state index contributed by atoms with van der Waals surface area (Å²) in [4.78, 5) is 11.5. The second-order valence-electron chi connectivity index (χ2n) is 6.38. The van der Waals surface area contributed by atoms with Gasteiger partial charge in [-0.05, 0) is 37.3 Å². The topological polar surface area (TPSA) is 95.7 Å². The van der Waals surface area contributed by atoms with Crippen molar-refractivity contribution in [2.45, 2.75) is 18.2 Å². The summed E-state index contributed by atoms with van der Waals surface area (Å²) in [6.45, 7) is 1.55. The average molecular weight is 429 g/mol. The van der Waals surface area contributed by atoms with Crippen LogP contribution in [0.15, 0.2) is 53.9 Å². The van der Waals surface area contributed by atoms with Gasteiger partial charge in [0.1, 0.15) is 18.7 Å². The minimum atomic E-state index is -0.748. The zero-order chi connectivity index (χ0) is 21.5. The van der Waals surface area contributed by atoms with Gasteiger partial charge >= 0.3 is 0 Å². The van der Waals surface area contributed by atoms with Gasteiger partial charge in [-0.2, -0.15) is 0 Å². The van der Waals surface area contributed by atoms with Gasteiger partial charge in [-0.3, -0.25) is 9.36 Å². The van der Waals surface area contributed by atoms with Crippen LogP contribution in [0.3, 0.4) is 0 Å². The molecule has 1 unspecified atom stereocenters. The number of carbonyl (C=O) groups is 1. The number of hydrogen-bond acceptors (Lipinski definition) is 8. The molecule has 3 rings (SSSR count). The van der Waals surface area contributed by atoms with Crippen molar-refractivity contribution in [3.63, 3.8) is 0 Å². The number of ether oxygens (including phenoxy) is 3. The molecule has 1 aromatic heterocycles. The molecule has 9 heteroatoms. The third-order valence-corrected chi connectivity index (χ3v) is 5.34. The third-order valence-electron chi connectivity index (χ3n) is 4.25. The number of aromatic nitrogens is 3. The van der Waals surface area contributed by atoms with Crippen LogP contribution in [0.5, 0.6) is 17.2 Å². The Morgan fingerprint density at radius 1 is 1.17 bits per heavy atom. The average Bonchev–Trinajstić information content (AvgIpc) is 3.24. The molecule has 0 aliphatic carbocycles. The maximum absolute atomic E-state index is 11.5. The Morgan fingerprint density at radius 3 is 2.73 bits per heavy atom. The first-order valence-corrected chi connectivity index (χ1v) is 10.2. The number of benzene rings is 2. The van der Waals surface area contributed by atoms with E-state index in [1.54, 1.807) is 31.6 Å². The van der Waals surface area contributed by atoms with E-state index in [9.17, 15) is 9.90 Å². The zero-order valence-corrected chi connectivity index (χ0v) is 17.8. The number of carbonyl (C=O) groups excluding carboxylic acids is 1. The Labute approximate surface area is 178 Å². The number of aliphatic hydroxyl groups excluding tert-OH is 1. The number of methoxy groups -OCH3 is 2. The highest BCUT2D eigenvalue weighted by Crippen LogP contribution is 2.29. The number of hydrogen-bond donors (Lipinski definition) is 1. The molecule has 0 spiro atoms. The molecule has 158 valence electrons. The van der Waals surface area contributed by atoms with Gasteiger partial charge in [0.25, 0.3) is 0 Å². The number of aliphatic hydroxyl groups is 1. The first-order chi connectivity index (χ1) is 14.5. The Balaban J connectivity index is 1.59. The standard InChI is InChI=1S/C21H23N3O5S/c1-14(25)15-7-8-19(20(9-15)28-3)29-11-17(26)12-30-21-23-22-13-24(21)16-5-4-6-18(10-16)27-2/h4-10,13,17,26H,11-12H2,1-3H3. The van der Waals surface area contributed by atoms with Gasteiger partial charge in [0, 0.05) is 17.4 Å². The maximum atomic E-state index is 11.5. The second kappa shape index (κ2) is 10.1. The van der Waals surface area contributed by atoms with E-state index in [-0.39, 0.29) is 12.4 Å². The van der Waals surface area contributed by atoms with Crippen molar-refractivity contribution in [1.82, 2.24) is 14.8 Å². The Hall–Kier alpha value is -3.04. The zero-order valence-electron chi connectivity index (χ0n) is 16.9. The molecule has 0 bridgehead atoms. The monoisotopic (exact) mass is 429 g/mol. The van der Waals surface area contributed by atoms with E-state index in [4.69, 9.17) is 14.2 Å². The minimum Gasteiger partial charge on any atom is -0.497 e. The lowest BCUT2D eigenvalue weighted by molar-refractivity contribution is 0.101. The van der Waals surface area contributed by atoms with Crippen LogP contribution in [0.2, 0.25) is 0 Å². The molecule has 0 aliphatic rings. The summed E-state index contributed by atoms with van der Waals surface area (Å²) in [5, 5.41) is 19.1. The lowest BCUT2D eigenvalue weighted by Crippen LogP contribution is -2.20. The smallest absolute Gasteiger partial charge is 0.195 e. The molecule has 1 atom stereocenters. The van der Waals surface area contributed by atoms with E-state index >= 15 is 0 Å². The van der Waals surface area contributed by atoms with Crippen LogP contribution in [0, 0.1) is 0 Å². The molecule has 0 aliphatic heterocycles. The summed E-state index contributed by atoms with van der Waals surface area (Å²) in [6, 6.07) is 12.5. The van der Waals surface area contributed by atoms with Crippen molar-refractivity contribution in [3.05, 3.63) is 54.4 Å². The highest BCUT2D eigenvalue weighted by atomic mass is 32.2. The molecule has 3 aromatic rings. The third kappa shape index (κ3) is 5.31. The molecule has 30 heavy (non-hydrogen) atoms. The molecule has 0 saturated carbocycles. The summed E-state index contributed by atoms with van der Waals surface area (Å²) in [5.74, 6) is 1.94. The van der Waals surface area contributed by atoms with Gasteiger partial charge < -0.3 is 19.3 Å². The molecule has 2 aromatic carbocycles. The van der Waals surface area contributed by atoms with Crippen molar-refractivity contribution in [3.8, 4) is 22.9 Å². The van der Waals surface area contributed by atoms with E-state index in [0.717, 1.165) is 11.4 Å². The van der Waals surface area contributed by atoms with E-state index < -0.39 is 6.10 Å². The van der Waals surface area contributed by atoms with Crippen LogP contribution in [0.25, 0.3) is 5.69 Å². The van der Waals surface area contributed by atoms with E-state index in [2.05, 4.69) is 10.2 Å². The highest BCUT2D eigenvalue weighted by molar-refractivity contribution is 7.99. The lowest BCUT2D eigenvalue weighted by atomic mass is 10.1. The largest absolute Gasteiger partial charge is 0.497 e. The summed E-state index contributed by atoms with van der Waals surface area (Å²) in [7, 11) is 3.11. The highest BCUT2D eigenvalue weighted by Gasteiger charge is 2.14. The van der Waals surface area contributed by atoms with Gasteiger partial charge in [0.2, 0.25) is 0 Å². The van der Waals surface area contributed by atoms with Crippen molar-refractivity contribution in [2.75, 3.05) is 26.6 Å². The molecule has 0 saturated heterocycles. The molecule has 1 N–H and O–H groups in total. The van der Waals surface area contributed by atoms with Gasteiger partial charge in [-0.1, -0.05) is 17.8 Å². The quantitative estimate of drug-likeness (QED) is 0.388. The molecule has 0 radical (unpaired) electrons. The molecule has 1 heterocycles. The predicted octanol–water partition coefficient (Wildman–Crippen LogP) is 3.02. The van der Waals surface area contributed by atoms with Crippen LogP contribution < -0.4 is 14.2 Å². The number of Topliss-reactive ketones (excluding diaryl/α,β-unsaturated/α-hetero) is 1. The predicted molar refractivity (Wildman–Crippen MR) is 113 cm³/mol. The summed E-state index contributed by atoms with van der Waals surface area (Å²) < 4.78 is 18.0. The molecule has 8 nitrogen and oxygen atoms in total. The fraction of sp³-hybridized carbons (Fsp3) is 0.286. The van der Waals surface area contributed by atoms with E-state index in [1.807, 2.05) is 28.8 Å². The number of thioether (sulfide) groups is 1. The Morgan fingerprint density at radius 2 is 2.00 bits per heavy atom. The van der Waals surface area contributed by atoms with Gasteiger partial charge in [-0.25, -0.2) is 0 Å². The summed E-state index contributed by atoms with van der Waals surface area (Å²) in [6.07, 6.45) is 0.865. The van der Waals surface area contributed by atoms with Crippen LogP contribution in [0.1, 0.15) is 17.3 Å².